The number of benzene rings is 1. The summed E-state index contributed by atoms with van der Waals surface area (Å²) in [5.41, 5.74) is 0.760. The molecule has 1 aliphatic rings. The molecule has 2 rings (SSSR count). The van der Waals surface area contributed by atoms with Crippen LogP contribution in [0.4, 0.5) is 0 Å². The van der Waals surface area contributed by atoms with Crippen LogP contribution in [0.15, 0.2) is 24.3 Å². The Bertz CT molecular complexity index is 653. The van der Waals surface area contributed by atoms with Crippen molar-refractivity contribution in [2.75, 3.05) is 33.4 Å². The number of hydrogen-bond donors (Lipinski definition) is 1. The van der Waals surface area contributed by atoms with E-state index in [1.165, 1.54) is 0 Å². The van der Waals surface area contributed by atoms with E-state index in [1.807, 2.05) is 0 Å². The number of carbonyl (C=O) groups is 4. The van der Waals surface area contributed by atoms with E-state index < -0.39 is 5.97 Å². The molecular formula is C18H22N2O6. The van der Waals surface area contributed by atoms with Crippen LogP contribution in [0.2, 0.25) is 0 Å². The van der Waals surface area contributed by atoms with E-state index in [0.29, 0.717) is 30.7 Å². The van der Waals surface area contributed by atoms with Gasteiger partial charge in [-0.2, -0.15) is 0 Å². The third-order valence-electron chi connectivity index (χ3n) is 3.85. The molecule has 3 amide bonds. The fraction of sp³-hybridized carbons (Fsp3) is 0.444. The summed E-state index contributed by atoms with van der Waals surface area (Å²) in [5, 5.41) is 2.60. The number of amides is 3. The van der Waals surface area contributed by atoms with Crippen LogP contribution in [0, 0.1) is 0 Å². The van der Waals surface area contributed by atoms with Crippen LogP contribution in [0.1, 0.15) is 40.0 Å². The van der Waals surface area contributed by atoms with Crippen molar-refractivity contribution in [2.45, 2.75) is 19.3 Å². The lowest BCUT2D eigenvalue weighted by molar-refractivity contribution is -0.148. The number of nitrogens with zero attached hydrogens (tertiary/aromatic N) is 1. The lowest BCUT2D eigenvalue weighted by Gasteiger charge is -2.13. The van der Waals surface area contributed by atoms with Gasteiger partial charge in [-0.1, -0.05) is 12.1 Å². The third-order valence-corrected chi connectivity index (χ3v) is 3.85. The fourth-order valence-corrected chi connectivity index (χ4v) is 2.54. The van der Waals surface area contributed by atoms with E-state index in [2.05, 4.69) is 5.32 Å². The lowest BCUT2D eigenvalue weighted by atomic mass is 10.1. The molecule has 0 saturated heterocycles. The van der Waals surface area contributed by atoms with Crippen LogP contribution in [0.25, 0.3) is 0 Å². The van der Waals surface area contributed by atoms with Gasteiger partial charge in [0.2, 0.25) is 0 Å². The van der Waals surface area contributed by atoms with Gasteiger partial charge in [0.05, 0.1) is 11.1 Å². The van der Waals surface area contributed by atoms with Crippen LogP contribution >= 0.6 is 0 Å². The van der Waals surface area contributed by atoms with Gasteiger partial charge in [0, 0.05) is 33.2 Å². The highest BCUT2D eigenvalue weighted by Gasteiger charge is 2.34. The minimum Gasteiger partial charge on any atom is -0.456 e. The molecule has 1 aliphatic heterocycles. The first-order valence-electron chi connectivity index (χ1n) is 8.41. The van der Waals surface area contributed by atoms with Gasteiger partial charge in [-0.15, -0.1) is 0 Å². The molecule has 0 radical (unpaired) electrons. The van der Waals surface area contributed by atoms with Gasteiger partial charge in [0.25, 0.3) is 17.7 Å². The molecule has 0 saturated carbocycles. The summed E-state index contributed by atoms with van der Waals surface area (Å²) in [7, 11) is 1.57. The summed E-state index contributed by atoms with van der Waals surface area (Å²) in [6.07, 6.45) is 0.973. The monoisotopic (exact) mass is 362 g/mol. The highest BCUT2D eigenvalue weighted by molar-refractivity contribution is 6.21. The Labute approximate surface area is 151 Å². The summed E-state index contributed by atoms with van der Waals surface area (Å²) >= 11 is 0. The number of rotatable bonds is 10. The zero-order chi connectivity index (χ0) is 18.9. The standard InChI is InChI=1S/C18H22N2O6/c1-25-11-5-9-19-15(21)12-26-16(22)8-4-10-20-17(23)13-6-2-3-7-14(13)18(20)24/h2-3,6-7H,4-5,8-12H2,1H3,(H,19,21). The minimum atomic E-state index is -0.548. The van der Waals surface area contributed by atoms with Gasteiger partial charge in [-0.25, -0.2) is 0 Å². The van der Waals surface area contributed by atoms with Gasteiger partial charge in [-0.05, 0) is 25.0 Å². The Morgan fingerprint density at radius 1 is 1.08 bits per heavy atom. The number of imide groups is 1. The second-order valence-corrected chi connectivity index (χ2v) is 5.77. The van der Waals surface area contributed by atoms with Crippen molar-refractivity contribution in [3.8, 4) is 0 Å². The summed E-state index contributed by atoms with van der Waals surface area (Å²) in [6, 6.07) is 6.61. The summed E-state index contributed by atoms with van der Waals surface area (Å²) in [5.74, 6) is -1.63. The predicted molar refractivity (Wildman–Crippen MR) is 91.5 cm³/mol. The first-order valence-corrected chi connectivity index (χ1v) is 8.41. The van der Waals surface area contributed by atoms with Crippen molar-refractivity contribution < 1.29 is 28.7 Å². The molecule has 0 bridgehead atoms. The number of ether oxygens (including phenoxy) is 2. The molecular weight excluding hydrogens is 340 g/mol. The molecule has 1 N–H and O–H groups in total. The zero-order valence-electron chi connectivity index (χ0n) is 14.7. The van der Waals surface area contributed by atoms with E-state index in [1.54, 1.807) is 31.4 Å². The molecule has 8 heteroatoms. The molecule has 0 fully saturated rings. The van der Waals surface area contributed by atoms with Crippen LogP contribution in [0.5, 0.6) is 0 Å². The molecule has 26 heavy (non-hydrogen) atoms. The number of carbonyl (C=O) groups excluding carboxylic acids is 4. The van der Waals surface area contributed by atoms with Crippen molar-refractivity contribution in [2.24, 2.45) is 0 Å². The van der Waals surface area contributed by atoms with Gasteiger partial charge in [0.1, 0.15) is 0 Å². The number of esters is 1. The Hall–Kier alpha value is -2.74. The normalized spacial score (nSPS) is 12.9. The van der Waals surface area contributed by atoms with Crippen LogP contribution < -0.4 is 5.32 Å². The maximum absolute atomic E-state index is 12.2. The van der Waals surface area contributed by atoms with Crippen molar-refractivity contribution in [3.05, 3.63) is 35.4 Å². The molecule has 0 atom stereocenters. The number of hydrogen-bond acceptors (Lipinski definition) is 6. The number of fused-ring (bicyclic) bond motifs is 1. The Balaban J connectivity index is 1.66. The predicted octanol–water partition coefficient (Wildman–Crippen LogP) is 0.759. The summed E-state index contributed by atoms with van der Waals surface area (Å²) in [6.45, 7) is 0.769. The SMILES string of the molecule is COCCCNC(=O)COC(=O)CCCN1C(=O)c2ccccc2C1=O. The van der Waals surface area contributed by atoms with Crippen molar-refractivity contribution >= 4 is 23.7 Å². The quantitative estimate of drug-likeness (QED) is 0.375. The second kappa shape index (κ2) is 9.67. The maximum Gasteiger partial charge on any atom is 0.306 e. The van der Waals surface area contributed by atoms with Crippen molar-refractivity contribution in [3.63, 3.8) is 0 Å². The largest absolute Gasteiger partial charge is 0.456 e. The number of nitrogens with one attached hydrogen (secondary N) is 1. The zero-order valence-corrected chi connectivity index (χ0v) is 14.7. The van der Waals surface area contributed by atoms with Crippen LogP contribution in [-0.4, -0.2) is 62.0 Å². The topological polar surface area (TPSA) is 102 Å². The summed E-state index contributed by atoms with van der Waals surface area (Å²) < 4.78 is 9.73. The van der Waals surface area contributed by atoms with Gasteiger partial charge in [0.15, 0.2) is 6.61 Å². The van der Waals surface area contributed by atoms with Crippen molar-refractivity contribution in [1.82, 2.24) is 10.2 Å². The second-order valence-electron chi connectivity index (χ2n) is 5.77. The minimum absolute atomic E-state index is 0.0182. The first-order chi connectivity index (χ1) is 12.5. The Morgan fingerprint density at radius 2 is 1.73 bits per heavy atom. The van der Waals surface area contributed by atoms with Gasteiger partial charge < -0.3 is 14.8 Å². The Kier molecular flexibility index (Phi) is 7.28. The highest BCUT2D eigenvalue weighted by atomic mass is 16.5. The van der Waals surface area contributed by atoms with Gasteiger partial charge in [-0.3, -0.25) is 24.1 Å². The molecule has 1 aromatic carbocycles. The lowest BCUT2D eigenvalue weighted by Crippen LogP contribution is -2.32. The number of methoxy groups -OCH3 is 1. The molecule has 0 unspecified atom stereocenters. The average Bonchev–Trinajstić information content (AvgIpc) is 2.89. The Morgan fingerprint density at radius 3 is 2.35 bits per heavy atom. The van der Waals surface area contributed by atoms with E-state index in [-0.39, 0.29) is 43.7 Å². The van der Waals surface area contributed by atoms with E-state index in [9.17, 15) is 19.2 Å². The fourth-order valence-electron chi connectivity index (χ4n) is 2.54. The van der Waals surface area contributed by atoms with E-state index in [4.69, 9.17) is 9.47 Å². The van der Waals surface area contributed by atoms with Crippen LogP contribution in [-0.2, 0) is 19.1 Å². The molecule has 1 heterocycles. The third kappa shape index (κ3) is 5.13. The smallest absolute Gasteiger partial charge is 0.306 e. The van der Waals surface area contributed by atoms with E-state index >= 15 is 0 Å². The summed E-state index contributed by atoms with van der Waals surface area (Å²) in [4.78, 5) is 48.6. The van der Waals surface area contributed by atoms with Gasteiger partial charge >= 0.3 is 5.97 Å². The molecule has 140 valence electrons. The van der Waals surface area contributed by atoms with Crippen molar-refractivity contribution in [1.29, 1.82) is 0 Å². The molecule has 0 aromatic heterocycles. The maximum atomic E-state index is 12.2. The molecule has 8 nitrogen and oxygen atoms in total. The highest BCUT2D eigenvalue weighted by Crippen LogP contribution is 2.22. The first kappa shape index (κ1) is 19.6. The van der Waals surface area contributed by atoms with E-state index in [0.717, 1.165) is 4.90 Å². The molecule has 0 aliphatic carbocycles. The average molecular weight is 362 g/mol. The molecule has 1 aromatic rings. The molecule has 0 spiro atoms. The van der Waals surface area contributed by atoms with Crippen LogP contribution in [0.3, 0.4) is 0 Å².